The lowest BCUT2D eigenvalue weighted by Gasteiger charge is -2.12. The van der Waals surface area contributed by atoms with E-state index in [0.717, 1.165) is 5.56 Å². The maximum Gasteiger partial charge on any atom is 0.187 e. The Morgan fingerprint density at radius 3 is 2.30 bits per heavy atom. The predicted octanol–water partition coefficient (Wildman–Crippen LogP) is 3.62. The SMILES string of the molecule is COc1ccc(C(C(C)=O)C(=O)c2cc(C)cs2)cc1. The number of thiophene rings is 1. The molecule has 20 heavy (non-hydrogen) atoms. The van der Waals surface area contributed by atoms with Crippen LogP contribution in [0, 0.1) is 6.92 Å². The van der Waals surface area contributed by atoms with Gasteiger partial charge in [-0.2, -0.15) is 0 Å². The van der Waals surface area contributed by atoms with Crippen LogP contribution in [0.2, 0.25) is 0 Å². The minimum atomic E-state index is -0.737. The number of aryl methyl sites for hydroxylation is 1. The molecule has 0 fully saturated rings. The monoisotopic (exact) mass is 288 g/mol. The minimum Gasteiger partial charge on any atom is -0.497 e. The van der Waals surface area contributed by atoms with E-state index in [1.54, 1.807) is 31.4 Å². The molecule has 1 heterocycles. The van der Waals surface area contributed by atoms with Gasteiger partial charge in [-0.3, -0.25) is 9.59 Å². The zero-order valence-electron chi connectivity index (χ0n) is 11.7. The Labute approximate surface area is 122 Å². The van der Waals surface area contributed by atoms with E-state index in [1.807, 2.05) is 18.4 Å². The zero-order chi connectivity index (χ0) is 14.7. The van der Waals surface area contributed by atoms with E-state index < -0.39 is 5.92 Å². The Morgan fingerprint density at radius 1 is 1.20 bits per heavy atom. The Kier molecular flexibility index (Phi) is 4.35. The van der Waals surface area contributed by atoms with Crippen LogP contribution in [0.1, 0.15) is 33.6 Å². The van der Waals surface area contributed by atoms with Gasteiger partial charge in [0.05, 0.1) is 12.0 Å². The van der Waals surface area contributed by atoms with Crippen molar-refractivity contribution in [1.82, 2.24) is 0 Å². The van der Waals surface area contributed by atoms with Crippen molar-refractivity contribution in [2.24, 2.45) is 0 Å². The molecular weight excluding hydrogens is 272 g/mol. The molecule has 2 aromatic rings. The van der Waals surface area contributed by atoms with Gasteiger partial charge >= 0.3 is 0 Å². The molecule has 0 aliphatic rings. The normalized spacial score (nSPS) is 11.9. The lowest BCUT2D eigenvalue weighted by Crippen LogP contribution is -2.19. The van der Waals surface area contributed by atoms with Crippen LogP contribution in [0.15, 0.2) is 35.7 Å². The van der Waals surface area contributed by atoms with Crippen LogP contribution in [-0.2, 0) is 4.79 Å². The minimum absolute atomic E-state index is 0.138. The molecule has 0 spiro atoms. The van der Waals surface area contributed by atoms with Crippen molar-refractivity contribution < 1.29 is 14.3 Å². The van der Waals surface area contributed by atoms with Gasteiger partial charge in [-0.15, -0.1) is 11.3 Å². The summed E-state index contributed by atoms with van der Waals surface area (Å²) in [6.45, 7) is 3.39. The Bertz CT molecular complexity index is 625. The average molecular weight is 288 g/mol. The third-order valence-corrected chi connectivity index (χ3v) is 4.15. The van der Waals surface area contributed by atoms with E-state index in [2.05, 4.69) is 0 Å². The van der Waals surface area contributed by atoms with Crippen LogP contribution in [0.4, 0.5) is 0 Å². The number of hydrogen-bond donors (Lipinski definition) is 0. The number of Topliss-reactive ketones (excluding diaryl/α,β-unsaturated/α-hetero) is 2. The summed E-state index contributed by atoms with van der Waals surface area (Å²) in [5, 5.41) is 1.92. The summed E-state index contributed by atoms with van der Waals surface area (Å²) in [6.07, 6.45) is 0. The Hall–Kier alpha value is -1.94. The lowest BCUT2D eigenvalue weighted by molar-refractivity contribution is -0.117. The van der Waals surface area contributed by atoms with E-state index in [1.165, 1.54) is 18.3 Å². The molecule has 4 heteroatoms. The van der Waals surface area contributed by atoms with Gasteiger partial charge in [0.25, 0.3) is 0 Å². The maximum absolute atomic E-state index is 12.5. The second-order valence-corrected chi connectivity index (χ2v) is 5.58. The lowest BCUT2D eigenvalue weighted by atomic mass is 9.90. The smallest absolute Gasteiger partial charge is 0.187 e. The molecule has 1 aromatic heterocycles. The molecule has 104 valence electrons. The average Bonchev–Trinajstić information content (AvgIpc) is 2.86. The summed E-state index contributed by atoms with van der Waals surface area (Å²) in [4.78, 5) is 25.0. The number of benzene rings is 1. The molecule has 0 amide bonds. The largest absolute Gasteiger partial charge is 0.497 e. The topological polar surface area (TPSA) is 43.4 Å². The molecule has 0 saturated carbocycles. The highest BCUT2D eigenvalue weighted by Crippen LogP contribution is 2.27. The van der Waals surface area contributed by atoms with Crippen LogP contribution in [0.3, 0.4) is 0 Å². The summed E-state index contributed by atoms with van der Waals surface area (Å²) < 4.78 is 5.09. The van der Waals surface area contributed by atoms with Crippen LogP contribution in [-0.4, -0.2) is 18.7 Å². The van der Waals surface area contributed by atoms with Crippen molar-refractivity contribution in [2.45, 2.75) is 19.8 Å². The van der Waals surface area contributed by atoms with Gasteiger partial charge in [-0.25, -0.2) is 0 Å². The van der Waals surface area contributed by atoms with Crippen LogP contribution in [0.25, 0.3) is 0 Å². The van der Waals surface area contributed by atoms with Gasteiger partial charge in [-0.1, -0.05) is 12.1 Å². The summed E-state index contributed by atoms with van der Waals surface area (Å²) >= 11 is 1.38. The van der Waals surface area contributed by atoms with E-state index in [0.29, 0.717) is 16.2 Å². The number of ketones is 2. The van der Waals surface area contributed by atoms with Crippen LogP contribution in [0.5, 0.6) is 5.75 Å². The third-order valence-electron chi connectivity index (χ3n) is 3.09. The molecule has 0 saturated heterocycles. The van der Waals surface area contributed by atoms with Crippen molar-refractivity contribution in [3.63, 3.8) is 0 Å². The maximum atomic E-state index is 12.5. The molecule has 0 radical (unpaired) electrons. The molecule has 0 aliphatic heterocycles. The quantitative estimate of drug-likeness (QED) is 0.623. The van der Waals surface area contributed by atoms with Crippen LogP contribution < -0.4 is 4.74 Å². The fraction of sp³-hybridized carbons (Fsp3) is 0.250. The molecule has 0 aliphatic carbocycles. The summed E-state index contributed by atoms with van der Waals surface area (Å²) in [7, 11) is 1.58. The number of methoxy groups -OCH3 is 1. The fourth-order valence-electron chi connectivity index (χ4n) is 2.07. The number of carbonyl (C=O) groups excluding carboxylic acids is 2. The predicted molar refractivity (Wildman–Crippen MR) is 79.8 cm³/mol. The van der Waals surface area contributed by atoms with Gasteiger partial charge in [0.15, 0.2) is 5.78 Å². The van der Waals surface area contributed by atoms with Crippen molar-refractivity contribution >= 4 is 22.9 Å². The molecule has 1 atom stereocenters. The first kappa shape index (κ1) is 14.5. The Morgan fingerprint density at radius 2 is 1.85 bits per heavy atom. The first-order valence-corrected chi connectivity index (χ1v) is 7.14. The fourth-order valence-corrected chi connectivity index (χ4v) is 2.94. The highest BCUT2D eigenvalue weighted by molar-refractivity contribution is 7.12. The number of hydrogen-bond acceptors (Lipinski definition) is 4. The Balaban J connectivity index is 2.35. The van der Waals surface area contributed by atoms with Gasteiger partial charge in [-0.05, 0) is 48.6 Å². The standard InChI is InChI=1S/C16H16O3S/c1-10-8-14(20-9-10)16(18)15(11(2)17)12-4-6-13(19-3)7-5-12/h4-9,15H,1-3H3. The first-order valence-electron chi connectivity index (χ1n) is 6.26. The summed E-state index contributed by atoms with van der Waals surface area (Å²) in [6, 6.07) is 8.88. The molecule has 1 aromatic carbocycles. The third kappa shape index (κ3) is 2.96. The molecule has 0 N–H and O–H groups in total. The molecule has 3 nitrogen and oxygen atoms in total. The highest BCUT2D eigenvalue weighted by Gasteiger charge is 2.27. The van der Waals surface area contributed by atoms with Gasteiger partial charge in [0.1, 0.15) is 17.5 Å². The van der Waals surface area contributed by atoms with Crippen molar-refractivity contribution in [2.75, 3.05) is 7.11 Å². The van der Waals surface area contributed by atoms with E-state index in [9.17, 15) is 9.59 Å². The molecule has 2 rings (SSSR count). The first-order chi connectivity index (χ1) is 9.52. The van der Waals surface area contributed by atoms with Gasteiger partial charge in [0, 0.05) is 0 Å². The summed E-state index contributed by atoms with van der Waals surface area (Å²) in [5.74, 6) is -0.318. The van der Waals surface area contributed by atoms with Crippen molar-refractivity contribution in [3.05, 3.63) is 51.7 Å². The van der Waals surface area contributed by atoms with E-state index >= 15 is 0 Å². The molecule has 0 bridgehead atoms. The summed E-state index contributed by atoms with van der Waals surface area (Å²) in [5.41, 5.74) is 1.74. The second-order valence-electron chi connectivity index (χ2n) is 4.67. The van der Waals surface area contributed by atoms with Crippen molar-refractivity contribution in [1.29, 1.82) is 0 Å². The van der Waals surface area contributed by atoms with Crippen LogP contribution >= 0.6 is 11.3 Å². The van der Waals surface area contributed by atoms with Crippen molar-refractivity contribution in [3.8, 4) is 5.75 Å². The van der Waals surface area contributed by atoms with Gasteiger partial charge < -0.3 is 4.74 Å². The number of rotatable bonds is 5. The second kappa shape index (κ2) is 6.01. The molecular formula is C16H16O3S. The zero-order valence-corrected chi connectivity index (χ0v) is 12.5. The number of ether oxygens (including phenoxy) is 1. The van der Waals surface area contributed by atoms with E-state index in [-0.39, 0.29) is 11.6 Å². The van der Waals surface area contributed by atoms with E-state index in [4.69, 9.17) is 4.74 Å². The van der Waals surface area contributed by atoms with Gasteiger partial charge in [0.2, 0.25) is 0 Å². The number of carbonyl (C=O) groups is 2. The molecule has 1 unspecified atom stereocenters. The highest BCUT2D eigenvalue weighted by atomic mass is 32.1.